The lowest BCUT2D eigenvalue weighted by Gasteiger charge is -1.92. The minimum atomic E-state index is 1.01. The third kappa shape index (κ3) is 2.15. The normalized spacial score (nSPS) is 15.2. The summed E-state index contributed by atoms with van der Waals surface area (Å²) in [6.07, 6.45) is 9.22. The molecule has 0 fully saturated rings. The lowest BCUT2D eigenvalue weighted by molar-refractivity contribution is 1.37. The number of aliphatic imine (C=N–C) groups is 1. The largest absolute Gasteiger partial charge is 0.257 e. The zero-order valence-corrected chi connectivity index (χ0v) is 7.35. The number of hydrogen-bond acceptors (Lipinski definition) is 1. The predicted molar refractivity (Wildman–Crippen MR) is 56.4 cm³/mol. The SMILES string of the molecule is C1=CCC(C=Nc2ccccc2)=C1. The van der Waals surface area contributed by atoms with Crippen molar-refractivity contribution in [1.29, 1.82) is 0 Å². The molecule has 0 amide bonds. The van der Waals surface area contributed by atoms with Crippen LogP contribution in [-0.2, 0) is 0 Å². The van der Waals surface area contributed by atoms with Gasteiger partial charge < -0.3 is 0 Å². The van der Waals surface area contributed by atoms with Crippen molar-refractivity contribution < 1.29 is 0 Å². The van der Waals surface area contributed by atoms with Gasteiger partial charge in [-0.3, -0.25) is 4.99 Å². The summed E-state index contributed by atoms with van der Waals surface area (Å²) in [5, 5.41) is 0. The van der Waals surface area contributed by atoms with Crippen LogP contribution in [0.2, 0.25) is 0 Å². The average molecular weight is 169 g/mol. The third-order valence-corrected chi connectivity index (χ3v) is 1.94. The first-order valence-corrected chi connectivity index (χ1v) is 4.40. The van der Waals surface area contributed by atoms with Crippen molar-refractivity contribution >= 4 is 11.9 Å². The van der Waals surface area contributed by atoms with Crippen LogP contribution in [0.3, 0.4) is 0 Å². The molecule has 1 nitrogen and oxygen atoms in total. The topological polar surface area (TPSA) is 12.4 Å². The number of allylic oxidation sites excluding steroid dienone is 4. The fourth-order valence-electron chi connectivity index (χ4n) is 1.23. The van der Waals surface area contributed by atoms with Crippen molar-refractivity contribution in [2.45, 2.75) is 6.42 Å². The summed E-state index contributed by atoms with van der Waals surface area (Å²) >= 11 is 0. The lowest BCUT2D eigenvalue weighted by atomic mass is 10.2. The van der Waals surface area contributed by atoms with Crippen LogP contribution in [0, 0.1) is 0 Å². The minimum absolute atomic E-state index is 1.01. The van der Waals surface area contributed by atoms with E-state index in [0.29, 0.717) is 0 Å². The van der Waals surface area contributed by atoms with Gasteiger partial charge in [0.2, 0.25) is 0 Å². The Balaban J connectivity index is 2.06. The van der Waals surface area contributed by atoms with Crippen molar-refractivity contribution in [3.63, 3.8) is 0 Å². The first-order valence-electron chi connectivity index (χ1n) is 4.40. The minimum Gasteiger partial charge on any atom is -0.257 e. The molecule has 64 valence electrons. The van der Waals surface area contributed by atoms with E-state index in [0.717, 1.165) is 12.1 Å². The summed E-state index contributed by atoms with van der Waals surface area (Å²) in [5.74, 6) is 0. The van der Waals surface area contributed by atoms with Crippen molar-refractivity contribution in [2.24, 2.45) is 4.99 Å². The first kappa shape index (κ1) is 7.99. The third-order valence-electron chi connectivity index (χ3n) is 1.94. The summed E-state index contributed by atoms with van der Waals surface area (Å²) in [4.78, 5) is 4.35. The number of benzene rings is 1. The van der Waals surface area contributed by atoms with Crippen molar-refractivity contribution in [2.75, 3.05) is 0 Å². The van der Waals surface area contributed by atoms with Crippen LogP contribution in [0.5, 0.6) is 0 Å². The van der Waals surface area contributed by atoms with Crippen LogP contribution in [0.1, 0.15) is 6.42 Å². The van der Waals surface area contributed by atoms with E-state index in [-0.39, 0.29) is 0 Å². The van der Waals surface area contributed by atoms with Gasteiger partial charge in [0.1, 0.15) is 0 Å². The van der Waals surface area contributed by atoms with Gasteiger partial charge in [0.15, 0.2) is 0 Å². The Bertz CT molecular complexity index is 358. The Hall–Kier alpha value is -1.63. The molecule has 1 aliphatic rings. The Morgan fingerprint density at radius 2 is 2.00 bits per heavy atom. The molecule has 0 atom stereocenters. The maximum Gasteiger partial charge on any atom is 0.0629 e. The van der Waals surface area contributed by atoms with Crippen LogP contribution >= 0.6 is 0 Å². The molecule has 0 radical (unpaired) electrons. The molecule has 0 N–H and O–H groups in total. The van der Waals surface area contributed by atoms with Gasteiger partial charge in [-0.05, 0) is 24.1 Å². The highest BCUT2D eigenvalue weighted by Gasteiger charge is 1.93. The summed E-state index contributed by atoms with van der Waals surface area (Å²) in [6, 6.07) is 9.98. The van der Waals surface area contributed by atoms with Gasteiger partial charge in [0, 0.05) is 6.21 Å². The molecule has 1 aliphatic carbocycles. The molecule has 0 bridgehead atoms. The predicted octanol–water partition coefficient (Wildman–Crippen LogP) is 3.28. The van der Waals surface area contributed by atoms with Crippen LogP contribution in [0.15, 0.2) is 59.1 Å². The Morgan fingerprint density at radius 1 is 1.15 bits per heavy atom. The quantitative estimate of drug-likeness (QED) is 0.602. The maximum atomic E-state index is 4.35. The van der Waals surface area contributed by atoms with Gasteiger partial charge in [0.25, 0.3) is 0 Å². The first-order chi connectivity index (χ1) is 6.45. The molecular weight excluding hydrogens is 158 g/mol. The summed E-state index contributed by atoms with van der Waals surface area (Å²) < 4.78 is 0. The van der Waals surface area contributed by atoms with Crippen molar-refractivity contribution in [3.05, 3.63) is 54.1 Å². The molecule has 0 unspecified atom stereocenters. The fourth-order valence-corrected chi connectivity index (χ4v) is 1.23. The van der Waals surface area contributed by atoms with E-state index in [4.69, 9.17) is 0 Å². The second kappa shape index (κ2) is 3.85. The summed E-state index contributed by atoms with van der Waals surface area (Å²) in [5.41, 5.74) is 2.28. The molecular formula is C12H11N. The van der Waals surface area contributed by atoms with Gasteiger partial charge in [-0.25, -0.2) is 0 Å². The van der Waals surface area contributed by atoms with E-state index in [1.165, 1.54) is 5.57 Å². The second-order valence-corrected chi connectivity index (χ2v) is 2.97. The molecule has 1 aromatic rings. The second-order valence-electron chi connectivity index (χ2n) is 2.97. The standard InChI is InChI=1S/C12H11N/c1-2-8-12(9-3-1)13-10-11-6-4-5-7-11/h1-6,8-10H,7H2. The molecule has 2 rings (SSSR count). The van der Waals surface area contributed by atoms with Gasteiger partial charge in [0.05, 0.1) is 5.69 Å². The van der Waals surface area contributed by atoms with Gasteiger partial charge in [-0.2, -0.15) is 0 Å². The summed E-state index contributed by atoms with van der Waals surface area (Å²) in [7, 11) is 0. The molecule has 1 aromatic carbocycles. The fraction of sp³-hybridized carbons (Fsp3) is 0.0833. The number of hydrogen-bond donors (Lipinski definition) is 0. The zero-order chi connectivity index (χ0) is 8.93. The van der Waals surface area contributed by atoms with Crippen LogP contribution in [-0.4, -0.2) is 6.21 Å². The van der Waals surface area contributed by atoms with E-state index in [9.17, 15) is 0 Å². The Kier molecular flexibility index (Phi) is 2.37. The van der Waals surface area contributed by atoms with E-state index >= 15 is 0 Å². The van der Waals surface area contributed by atoms with E-state index in [1.54, 1.807) is 0 Å². The van der Waals surface area contributed by atoms with E-state index in [2.05, 4.69) is 23.2 Å². The smallest absolute Gasteiger partial charge is 0.0629 e. The molecule has 0 aliphatic heterocycles. The maximum absolute atomic E-state index is 4.35. The highest BCUT2D eigenvalue weighted by atomic mass is 14.7. The number of nitrogens with zero attached hydrogens (tertiary/aromatic N) is 1. The zero-order valence-electron chi connectivity index (χ0n) is 7.35. The molecule has 0 aromatic heterocycles. The molecule has 13 heavy (non-hydrogen) atoms. The van der Waals surface area contributed by atoms with E-state index in [1.807, 2.05) is 36.5 Å². The van der Waals surface area contributed by atoms with Gasteiger partial charge >= 0.3 is 0 Å². The lowest BCUT2D eigenvalue weighted by Crippen LogP contribution is -1.77. The van der Waals surface area contributed by atoms with Crippen LogP contribution in [0.4, 0.5) is 5.69 Å². The Morgan fingerprint density at radius 3 is 2.69 bits per heavy atom. The number of rotatable bonds is 2. The Labute approximate surface area is 78.1 Å². The van der Waals surface area contributed by atoms with E-state index < -0.39 is 0 Å². The van der Waals surface area contributed by atoms with Crippen LogP contribution < -0.4 is 0 Å². The highest BCUT2D eigenvalue weighted by Crippen LogP contribution is 2.12. The van der Waals surface area contributed by atoms with Gasteiger partial charge in [-0.15, -0.1) is 0 Å². The van der Waals surface area contributed by atoms with Crippen molar-refractivity contribution in [3.8, 4) is 0 Å². The molecule has 0 spiro atoms. The van der Waals surface area contributed by atoms with Gasteiger partial charge in [-0.1, -0.05) is 36.4 Å². The molecule has 0 heterocycles. The highest BCUT2D eigenvalue weighted by molar-refractivity contribution is 5.82. The molecule has 0 saturated carbocycles. The van der Waals surface area contributed by atoms with Crippen molar-refractivity contribution in [1.82, 2.24) is 0 Å². The monoisotopic (exact) mass is 169 g/mol. The van der Waals surface area contributed by atoms with Crippen LogP contribution in [0.25, 0.3) is 0 Å². The molecule has 0 saturated heterocycles. The summed E-state index contributed by atoms with van der Waals surface area (Å²) in [6.45, 7) is 0. The average Bonchev–Trinajstić information content (AvgIpc) is 2.69. The molecule has 1 heteroatoms. The number of para-hydroxylation sites is 1.